The highest BCUT2D eigenvalue weighted by atomic mass is 16.2. The van der Waals surface area contributed by atoms with Gasteiger partial charge in [-0.25, -0.2) is 4.98 Å². The molecule has 0 fully saturated rings. The van der Waals surface area contributed by atoms with Gasteiger partial charge in [0.1, 0.15) is 0 Å². The van der Waals surface area contributed by atoms with Crippen molar-refractivity contribution < 1.29 is 4.79 Å². The first kappa shape index (κ1) is 13.3. The van der Waals surface area contributed by atoms with Crippen LogP contribution in [0.15, 0.2) is 36.8 Å². The second kappa shape index (κ2) is 6.15. The molecular weight excluding hydrogens is 240 g/mol. The number of nitrogens with two attached hydrogens (primary N) is 1. The van der Waals surface area contributed by atoms with Gasteiger partial charge in [0.15, 0.2) is 0 Å². The molecule has 1 amide bonds. The van der Waals surface area contributed by atoms with Crippen molar-refractivity contribution in [3.63, 3.8) is 0 Å². The fraction of sp³-hybridized carbons (Fsp3) is 0.286. The van der Waals surface area contributed by atoms with Crippen molar-refractivity contribution >= 4 is 11.6 Å². The Morgan fingerprint density at radius 3 is 2.74 bits per heavy atom. The van der Waals surface area contributed by atoms with Gasteiger partial charge in [-0.15, -0.1) is 0 Å². The Morgan fingerprint density at radius 2 is 2.16 bits per heavy atom. The number of hydrogen-bond donors (Lipinski definition) is 3. The van der Waals surface area contributed by atoms with Gasteiger partial charge in [0.05, 0.1) is 12.4 Å². The maximum Gasteiger partial charge on any atom is 0.241 e. The Kier molecular flexibility index (Phi) is 4.30. The van der Waals surface area contributed by atoms with Gasteiger partial charge in [-0.3, -0.25) is 4.79 Å². The lowest BCUT2D eigenvalue weighted by Gasteiger charge is -2.11. The smallest absolute Gasteiger partial charge is 0.241 e. The van der Waals surface area contributed by atoms with Crippen molar-refractivity contribution in [3.05, 3.63) is 48.0 Å². The molecule has 2 rings (SSSR count). The van der Waals surface area contributed by atoms with Gasteiger partial charge in [-0.05, 0) is 24.1 Å². The van der Waals surface area contributed by atoms with Crippen LogP contribution in [-0.2, 0) is 17.6 Å². The number of aromatic nitrogens is 2. The first-order chi connectivity index (χ1) is 9.19. The SMILES string of the molecule is CCc1ccc(NC(=O)[C@@H](N)Cc2cnc[nH]2)cc1. The summed E-state index contributed by atoms with van der Waals surface area (Å²) in [5.74, 6) is -0.196. The topological polar surface area (TPSA) is 83.8 Å². The number of aromatic amines is 1. The minimum absolute atomic E-state index is 0.196. The van der Waals surface area contributed by atoms with Crippen LogP contribution in [0.25, 0.3) is 0 Å². The molecule has 1 aromatic heterocycles. The molecule has 1 aromatic carbocycles. The Labute approximate surface area is 112 Å². The van der Waals surface area contributed by atoms with Crippen LogP contribution in [0.2, 0.25) is 0 Å². The molecule has 0 aliphatic carbocycles. The second-order valence-corrected chi connectivity index (χ2v) is 4.43. The third-order valence-corrected chi connectivity index (χ3v) is 2.96. The molecule has 0 aliphatic heterocycles. The van der Waals surface area contributed by atoms with Crippen LogP contribution in [0, 0.1) is 0 Å². The van der Waals surface area contributed by atoms with Gasteiger partial charge in [0.2, 0.25) is 5.91 Å². The van der Waals surface area contributed by atoms with Crippen LogP contribution in [-0.4, -0.2) is 21.9 Å². The second-order valence-electron chi connectivity index (χ2n) is 4.43. The monoisotopic (exact) mass is 258 g/mol. The summed E-state index contributed by atoms with van der Waals surface area (Å²) in [5.41, 5.74) is 8.71. The van der Waals surface area contributed by atoms with Gasteiger partial charge in [-0.1, -0.05) is 19.1 Å². The van der Waals surface area contributed by atoms with Crippen molar-refractivity contribution in [1.82, 2.24) is 9.97 Å². The third-order valence-electron chi connectivity index (χ3n) is 2.96. The number of amides is 1. The summed E-state index contributed by atoms with van der Waals surface area (Å²) < 4.78 is 0. The predicted octanol–water partition coefficient (Wildman–Crippen LogP) is 1.48. The Morgan fingerprint density at radius 1 is 1.42 bits per heavy atom. The molecule has 1 atom stereocenters. The molecule has 19 heavy (non-hydrogen) atoms. The van der Waals surface area contributed by atoms with Crippen LogP contribution in [0.1, 0.15) is 18.2 Å². The number of nitrogens with zero attached hydrogens (tertiary/aromatic N) is 1. The molecule has 0 unspecified atom stereocenters. The lowest BCUT2D eigenvalue weighted by molar-refractivity contribution is -0.117. The third kappa shape index (κ3) is 3.66. The number of carbonyl (C=O) groups is 1. The number of H-pyrrole nitrogens is 1. The van der Waals surface area contributed by atoms with E-state index in [0.717, 1.165) is 17.8 Å². The predicted molar refractivity (Wildman–Crippen MR) is 74.7 cm³/mol. The fourth-order valence-corrected chi connectivity index (χ4v) is 1.78. The van der Waals surface area contributed by atoms with Crippen LogP contribution in [0.5, 0.6) is 0 Å². The van der Waals surface area contributed by atoms with E-state index >= 15 is 0 Å². The summed E-state index contributed by atoms with van der Waals surface area (Å²) in [6.07, 6.45) is 4.67. The Balaban J connectivity index is 1.92. The summed E-state index contributed by atoms with van der Waals surface area (Å²) in [5, 5.41) is 2.81. The van der Waals surface area contributed by atoms with Crippen molar-refractivity contribution in [2.75, 3.05) is 5.32 Å². The minimum atomic E-state index is -0.591. The molecule has 0 radical (unpaired) electrons. The number of anilines is 1. The lowest BCUT2D eigenvalue weighted by atomic mass is 10.1. The molecule has 0 saturated carbocycles. The van der Waals surface area contributed by atoms with Gasteiger partial charge >= 0.3 is 0 Å². The van der Waals surface area contributed by atoms with E-state index in [4.69, 9.17) is 5.73 Å². The average Bonchev–Trinajstić information content (AvgIpc) is 2.92. The number of imidazole rings is 1. The van der Waals surface area contributed by atoms with Crippen molar-refractivity contribution in [1.29, 1.82) is 0 Å². The van der Waals surface area contributed by atoms with Gasteiger partial charge in [-0.2, -0.15) is 0 Å². The molecule has 0 spiro atoms. The summed E-state index contributed by atoms with van der Waals surface area (Å²) in [6.45, 7) is 2.09. The normalized spacial score (nSPS) is 12.1. The number of aryl methyl sites for hydroxylation is 1. The zero-order valence-electron chi connectivity index (χ0n) is 10.9. The number of hydrogen-bond acceptors (Lipinski definition) is 3. The molecular formula is C14H18N4O. The summed E-state index contributed by atoms with van der Waals surface area (Å²) in [4.78, 5) is 18.7. The maximum absolute atomic E-state index is 11.9. The van der Waals surface area contributed by atoms with Crippen LogP contribution in [0.3, 0.4) is 0 Å². The highest BCUT2D eigenvalue weighted by molar-refractivity contribution is 5.94. The van der Waals surface area contributed by atoms with Crippen molar-refractivity contribution in [3.8, 4) is 0 Å². The molecule has 4 N–H and O–H groups in total. The summed E-state index contributed by atoms with van der Waals surface area (Å²) in [7, 11) is 0. The number of nitrogens with one attached hydrogen (secondary N) is 2. The van der Waals surface area contributed by atoms with Crippen molar-refractivity contribution in [2.24, 2.45) is 5.73 Å². The van der Waals surface area contributed by atoms with E-state index in [9.17, 15) is 4.79 Å². The van der Waals surface area contributed by atoms with Gasteiger partial charge in [0, 0.05) is 24.0 Å². The van der Waals surface area contributed by atoms with E-state index < -0.39 is 6.04 Å². The summed E-state index contributed by atoms with van der Waals surface area (Å²) >= 11 is 0. The molecule has 2 aromatic rings. The standard InChI is InChI=1S/C14H18N4O/c1-2-10-3-5-11(6-4-10)18-14(19)13(15)7-12-8-16-9-17-12/h3-6,8-9,13H,2,7,15H2,1H3,(H,16,17)(H,18,19)/t13-/m0/s1. The molecule has 5 heteroatoms. The average molecular weight is 258 g/mol. The van der Waals surface area contributed by atoms with E-state index in [2.05, 4.69) is 22.2 Å². The summed E-state index contributed by atoms with van der Waals surface area (Å²) in [6, 6.07) is 7.18. The maximum atomic E-state index is 11.9. The zero-order chi connectivity index (χ0) is 13.7. The molecule has 0 aliphatic rings. The number of carbonyl (C=O) groups excluding carboxylic acids is 1. The Bertz CT molecular complexity index is 519. The van der Waals surface area contributed by atoms with Gasteiger partial charge < -0.3 is 16.0 Å². The Hall–Kier alpha value is -2.14. The van der Waals surface area contributed by atoms with E-state index in [-0.39, 0.29) is 5.91 Å². The fourth-order valence-electron chi connectivity index (χ4n) is 1.78. The van der Waals surface area contributed by atoms with Gasteiger partial charge in [0.25, 0.3) is 0 Å². The van der Waals surface area contributed by atoms with Crippen LogP contribution in [0.4, 0.5) is 5.69 Å². The molecule has 0 bridgehead atoms. The molecule has 0 saturated heterocycles. The molecule has 100 valence electrons. The molecule has 1 heterocycles. The quantitative estimate of drug-likeness (QED) is 0.759. The van der Waals surface area contributed by atoms with Crippen molar-refractivity contribution in [2.45, 2.75) is 25.8 Å². The van der Waals surface area contributed by atoms with E-state index in [1.54, 1.807) is 12.5 Å². The first-order valence-electron chi connectivity index (χ1n) is 6.31. The molecule has 5 nitrogen and oxygen atoms in total. The number of rotatable bonds is 5. The van der Waals surface area contributed by atoms with E-state index in [1.165, 1.54) is 5.56 Å². The largest absolute Gasteiger partial charge is 0.348 e. The van der Waals surface area contributed by atoms with E-state index in [1.807, 2.05) is 24.3 Å². The number of benzene rings is 1. The highest BCUT2D eigenvalue weighted by Gasteiger charge is 2.14. The highest BCUT2D eigenvalue weighted by Crippen LogP contribution is 2.10. The van der Waals surface area contributed by atoms with Crippen LogP contribution >= 0.6 is 0 Å². The van der Waals surface area contributed by atoms with E-state index in [0.29, 0.717) is 6.42 Å². The lowest BCUT2D eigenvalue weighted by Crippen LogP contribution is -2.37. The first-order valence-corrected chi connectivity index (χ1v) is 6.31. The minimum Gasteiger partial charge on any atom is -0.348 e. The zero-order valence-corrected chi connectivity index (χ0v) is 10.9. The van der Waals surface area contributed by atoms with Crippen LogP contribution < -0.4 is 11.1 Å².